The summed E-state index contributed by atoms with van der Waals surface area (Å²) in [6.45, 7) is 7.10. The molecule has 21 heavy (non-hydrogen) atoms. The first kappa shape index (κ1) is 14.3. The van der Waals surface area contributed by atoms with Crippen molar-refractivity contribution in [2.45, 2.75) is 65.0 Å². The van der Waals surface area contributed by atoms with Gasteiger partial charge in [-0.1, -0.05) is 19.4 Å². The largest absolute Gasteiger partial charge is 0.348 e. The molecule has 1 amide bonds. The third-order valence-electron chi connectivity index (χ3n) is 4.42. The predicted octanol–water partition coefficient (Wildman–Crippen LogP) is 2.19. The molecule has 1 atom stereocenters. The number of carbonyl (C=O) groups is 1. The van der Waals surface area contributed by atoms with Crippen molar-refractivity contribution in [2.24, 2.45) is 5.92 Å². The minimum atomic E-state index is 0.0482. The van der Waals surface area contributed by atoms with E-state index in [-0.39, 0.29) is 11.9 Å². The van der Waals surface area contributed by atoms with E-state index in [9.17, 15) is 4.79 Å². The summed E-state index contributed by atoms with van der Waals surface area (Å²) in [6, 6.07) is 0.182. The zero-order chi connectivity index (χ0) is 15.0. The van der Waals surface area contributed by atoms with Crippen molar-refractivity contribution in [3.05, 3.63) is 23.3 Å². The smallest absolute Gasteiger partial charge is 0.244 e. The highest BCUT2D eigenvalue weighted by Gasteiger charge is 2.26. The first-order valence-corrected chi connectivity index (χ1v) is 7.95. The maximum Gasteiger partial charge on any atom is 0.244 e. The number of aryl methyl sites for hydroxylation is 1. The van der Waals surface area contributed by atoms with Crippen LogP contribution in [0.1, 0.15) is 57.6 Å². The Morgan fingerprint density at radius 3 is 2.76 bits per heavy atom. The minimum Gasteiger partial charge on any atom is -0.348 e. The van der Waals surface area contributed by atoms with Crippen molar-refractivity contribution in [3.8, 4) is 0 Å². The van der Waals surface area contributed by atoms with Crippen molar-refractivity contribution in [1.29, 1.82) is 0 Å². The average molecular weight is 288 g/mol. The van der Waals surface area contributed by atoms with Gasteiger partial charge < -0.3 is 9.88 Å². The first-order valence-electron chi connectivity index (χ1n) is 7.95. The second-order valence-corrected chi connectivity index (χ2v) is 6.65. The van der Waals surface area contributed by atoms with Gasteiger partial charge in [0.05, 0.1) is 0 Å². The van der Waals surface area contributed by atoms with Crippen LogP contribution in [0.15, 0.2) is 11.6 Å². The molecule has 1 aliphatic heterocycles. The highest BCUT2D eigenvalue weighted by Crippen LogP contribution is 2.35. The van der Waals surface area contributed by atoms with E-state index < -0.39 is 0 Å². The summed E-state index contributed by atoms with van der Waals surface area (Å²) in [5.74, 6) is 3.13. The van der Waals surface area contributed by atoms with Gasteiger partial charge in [-0.2, -0.15) is 0 Å². The fraction of sp³-hybridized carbons (Fsp3) is 0.688. The van der Waals surface area contributed by atoms with Gasteiger partial charge >= 0.3 is 0 Å². The number of allylic oxidation sites excluding steroid dienone is 1. The summed E-state index contributed by atoms with van der Waals surface area (Å²) in [6.07, 6.45) is 6.08. The highest BCUT2D eigenvalue weighted by atomic mass is 16.1. The number of nitrogens with zero attached hydrogens (tertiary/aromatic N) is 3. The number of amides is 1. The van der Waals surface area contributed by atoms with Gasteiger partial charge in [-0.25, -0.2) is 0 Å². The first-order chi connectivity index (χ1) is 10.0. The third kappa shape index (κ3) is 3.17. The molecule has 5 nitrogen and oxygen atoms in total. The van der Waals surface area contributed by atoms with Gasteiger partial charge in [0.15, 0.2) is 0 Å². The molecule has 0 saturated heterocycles. The van der Waals surface area contributed by atoms with Crippen LogP contribution in [0, 0.1) is 5.92 Å². The topological polar surface area (TPSA) is 59.8 Å². The molecule has 1 fully saturated rings. The molecule has 5 heteroatoms. The van der Waals surface area contributed by atoms with E-state index in [1.54, 1.807) is 6.08 Å². The Kier molecular flexibility index (Phi) is 3.83. The van der Waals surface area contributed by atoms with Crippen molar-refractivity contribution in [1.82, 2.24) is 20.1 Å². The lowest BCUT2D eigenvalue weighted by atomic mass is 10.1. The molecule has 1 N–H and O–H groups in total. The minimum absolute atomic E-state index is 0.0482. The molecule has 0 spiro atoms. The fourth-order valence-corrected chi connectivity index (χ4v) is 3.00. The highest BCUT2D eigenvalue weighted by molar-refractivity contribution is 5.88. The van der Waals surface area contributed by atoms with Crippen LogP contribution < -0.4 is 5.32 Å². The Morgan fingerprint density at radius 2 is 2.10 bits per heavy atom. The molecule has 1 saturated carbocycles. The maximum absolute atomic E-state index is 12.1. The lowest BCUT2D eigenvalue weighted by molar-refractivity contribution is -0.117. The molecule has 0 aromatic carbocycles. The fourth-order valence-electron chi connectivity index (χ4n) is 3.00. The van der Waals surface area contributed by atoms with Crippen LogP contribution >= 0.6 is 0 Å². The van der Waals surface area contributed by atoms with E-state index in [4.69, 9.17) is 0 Å². The molecule has 3 rings (SSSR count). The zero-order valence-corrected chi connectivity index (χ0v) is 13.1. The predicted molar refractivity (Wildman–Crippen MR) is 80.8 cm³/mol. The summed E-state index contributed by atoms with van der Waals surface area (Å²) < 4.78 is 2.18. The number of aromatic nitrogens is 3. The van der Waals surface area contributed by atoms with E-state index >= 15 is 0 Å². The summed E-state index contributed by atoms with van der Waals surface area (Å²) >= 11 is 0. The number of rotatable bonds is 4. The van der Waals surface area contributed by atoms with Gasteiger partial charge in [0.1, 0.15) is 11.6 Å². The Hall–Kier alpha value is -1.65. The van der Waals surface area contributed by atoms with Crippen LogP contribution in [-0.2, 0) is 17.8 Å². The van der Waals surface area contributed by atoms with Crippen LogP contribution in [-0.4, -0.2) is 26.7 Å². The van der Waals surface area contributed by atoms with Gasteiger partial charge in [-0.15, -0.1) is 10.2 Å². The Labute approximate surface area is 125 Å². The van der Waals surface area contributed by atoms with Crippen molar-refractivity contribution in [2.75, 3.05) is 0 Å². The van der Waals surface area contributed by atoms with Crippen molar-refractivity contribution >= 4 is 5.91 Å². The van der Waals surface area contributed by atoms with Crippen LogP contribution in [0.4, 0.5) is 0 Å². The normalized spacial score (nSPS) is 22.3. The molecule has 1 aliphatic carbocycles. The van der Waals surface area contributed by atoms with Gasteiger partial charge in [-0.05, 0) is 32.1 Å². The van der Waals surface area contributed by atoms with Gasteiger partial charge in [0.2, 0.25) is 5.91 Å². The summed E-state index contributed by atoms with van der Waals surface area (Å²) in [5.41, 5.74) is 1.22. The lowest BCUT2D eigenvalue weighted by Crippen LogP contribution is -2.40. The van der Waals surface area contributed by atoms with E-state index in [1.807, 2.05) is 0 Å². The standard InChI is InChI=1S/C16H24N4O/c1-10(2)16-19-18-14-7-6-13(9-20(14)16)17-15(21)8-11(3)12-4-5-12/h8,10,12-13H,4-7,9H2,1-3H3,(H,17,21). The Morgan fingerprint density at radius 1 is 1.33 bits per heavy atom. The summed E-state index contributed by atoms with van der Waals surface area (Å²) in [4.78, 5) is 12.1. The lowest BCUT2D eigenvalue weighted by Gasteiger charge is -2.25. The number of nitrogens with one attached hydrogen (secondary N) is 1. The van der Waals surface area contributed by atoms with Crippen LogP contribution in [0.5, 0.6) is 0 Å². The summed E-state index contributed by atoms with van der Waals surface area (Å²) in [7, 11) is 0. The molecular formula is C16H24N4O. The number of carbonyl (C=O) groups excluding carboxylic acids is 1. The van der Waals surface area contributed by atoms with E-state index in [2.05, 4.69) is 40.9 Å². The number of fused-ring (bicyclic) bond motifs is 1. The van der Waals surface area contributed by atoms with Crippen molar-refractivity contribution < 1.29 is 4.79 Å². The van der Waals surface area contributed by atoms with Gasteiger partial charge in [-0.3, -0.25) is 4.79 Å². The number of hydrogen-bond donors (Lipinski definition) is 1. The van der Waals surface area contributed by atoms with Crippen molar-refractivity contribution in [3.63, 3.8) is 0 Å². The van der Waals surface area contributed by atoms with Gasteiger partial charge in [0, 0.05) is 31.0 Å². The average Bonchev–Trinajstić information content (AvgIpc) is 3.18. The SMILES string of the molecule is CC(=CC(=O)NC1CCc2nnc(C(C)C)n2C1)C1CC1. The second-order valence-electron chi connectivity index (χ2n) is 6.65. The summed E-state index contributed by atoms with van der Waals surface area (Å²) in [5, 5.41) is 11.7. The Bertz CT molecular complexity index is 569. The maximum atomic E-state index is 12.1. The molecule has 114 valence electrons. The Balaban J connectivity index is 1.64. The van der Waals surface area contributed by atoms with E-state index in [1.165, 1.54) is 18.4 Å². The van der Waals surface area contributed by atoms with E-state index in [0.29, 0.717) is 11.8 Å². The quantitative estimate of drug-likeness (QED) is 0.864. The molecular weight excluding hydrogens is 264 g/mol. The van der Waals surface area contributed by atoms with Gasteiger partial charge in [0.25, 0.3) is 0 Å². The second kappa shape index (κ2) is 5.62. The van der Waals surface area contributed by atoms with Crippen LogP contribution in [0.3, 0.4) is 0 Å². The molecule has 2 heterocycles. The monoisotopic (exact) mass is 288 g/mol. The molecule has 1 aromatic rings. The van der Waals surface area contributed by atoms with Crippen LogP contribution in [0.25, 0.3) is 0 Å². The third-order valence-corrected chi connectivity index (χ3v) is 4.42. The molecule has 0 radical (unpaired) electrons. The van der Waals surface area contributed by atoms with Crippen LogP contribution in [0.2, 0.25) is 0 Å². The molecule has 2 aliphatic rings. The molecule has 0 bridgehead atoms. The zero-order valence-electron chi connectivity index (χ0n) is 13.1. The molecule has 1 unspecified atom stereocenters. The van der Waals surface area contributed by atoms with E-state index in [0.717, 1.165) is 31.0 Å². The number of hydrogen-bond acceptors (Lipinski definition) is 3. The molecule has 1 aromatic heterocycles.